The van der Waals surface area contributed by atoms with Crippen LogP contribution in [0.4, 0.5) is 20.6 Å². The van der Waals surface area contributed by atoms with Gasteiger partial charge in [0.25, 0.3) is 0 Å². The van der Waals surface area contributed by atoms with Crippen LogP contribution in [0.3, 0.4) is 0 Å². The average molecular weight is 390 g/mol. The molecule has 0 bridgehead atoms. The number of nitrogens with zero attached hydrogens (tertiary/aromatic N) is 3. The van der Waals surface area contributed by atoms with Crippen LogP contribution in [0.15, 0.2) is 18.2 Å². The van der Waals surface area contributed by atoms with E-state index in [0.717, 1.165) is 0 Å². The first-order valence-corrected chi connectivity index (χ1v) is 9.28. The minimum Gasteiger partial charge on any atom is -0.444 e. The molecule has 0 atom stereocenters. The van der Waals surface area contributed by atoms with E-state index in [9.17, 15) is 14.0 Å². The molecule has 1 aliphatic rings. The molecule has 28 heavy (non-hydrogen) atoms. The Labute approximate surface area is 165 Å². The molecule has 152 valence electrons. The van der Waals surface area contributed by atoms with Crippen LogP contribution in [0, 0.1) is 17.1 Å². The van der Waals surface area contributed by atoms with Crippen molar-refractivity contribution < 1.29 is 18.7 Å². The number of hydrogen-bond donors (Lipinski definition) is 1. The molecular formula is C20H27FN4O3. The number of anilines is 2. The lowest BCUT2D eigenvalue weighted by Gasteiger charge is -2.38. The molecule has 1 aromatic rings. The number of ether oxygens (including phenoxy) is 1. The molecule has 1 N–H and O–H groups in total. The third-order valence-electron chi connectivity index (χ3n) is 4.51. The molecule has 2 rings (SSSR count). The van der Waals surface area contributed by atoms with Crippen LogP contribution in [-0.4, -0.2) is 48.7 Å². The number of carbonyl (C=O) groups excluding carboxylic acids is 2. The first-order valence-electron chi connectivity index (χ1n) is 9.28. The van der Waals surface area contributed by atoms with Crippen LogP contribution in [-0.2, 0) is 9.53 Å². The highest BCUT2D eigenvalue weighted by Crippen LogP contribution is 2.27. The third kappa shape index (κ3) is 5.84. The van der Waals surface area contributed by atoms with E-state index in [2.05, 4.69) is 5.32 Å². The number of rotatable bonds is 4. The van der Waals surface area contributed by atoms with Gasteiger partial charge in [-0.05, 0) is 51.8 Å². The molecule has 1 aromatic carbocycles. The molecule has 8 heteroatoms. The van der Waals surface area contributed by atoms with E-state index >= 15 is 0 Å². The molecule has 0 radical (unpaired) electrons. The lowest BCUT2D eigenvalue weighted by Crippen LogP contribution is -2.47. The van der Waals surface area contributed by atoms with Crippen molar-refractivity contribution in [3.05, 3.63) is 24.0 Å². The highest BCUT2D eigenvalue weighted by molar-refractivity contribution is 5.92. The Morgan fingerprint density at radius 1 is 1.36 bits per heavy atom. The van der Waals surface area contributed by atoms with Gasteiger partial charge in [-0.25, -0.2) is 9.18 Å². The molecule has 1 aliphatic heterocycles. The Balaban J connectivity index is 1.96. The number of nitriles is 1. The molecule has 0 spiro atoms. The molecule has 1 heterocycles. The molecule has 7 nitrogen and oxygen atoms in total. The normalized spacial score (nSPS) is 14.9. The fourth-order valence-corrected chi connectivity index (χ4v) is 3.11. The second-order valence-corrected chi connectivity index (χ2v) is 7.86. The molecule has 0 unspecified atom stereocenters. The maximum absolute atomic E-state index is 14.5. The number of piperidine rings is 1. The number of benzene rings is 1. The van der Waals surface area contributed by atoms with Gasteiger partial charge in [-0.1, -0.05) is 0 Å². The molecule has 1 saturated heterocycles. The molecule has 0 saturated carbocycles. The Morgan fingerprint density at radius 2 is 2.00 bits per heavy atom. The average Bonchev–Trinajstić information content (AvgIpc) is 2.60. The predicted octanol–water partition coefficient (Wildman–Crippen LogP) is 3.51. The SMILES string of the molecule is CN(c1ccc(NC(=O)CC#N)cc1F)C1CCN(C(=O)OC(C)(C)C)CC1. The number of likely N-dealkylation sites (tertiary alicyclic amines) is 1. The van der Waals surface area contributed by atoms with Gasteiger partial charge < -0.3 is 19.9 Å². The Bertz CT molecular complexity index is 762. The van der Waals surface area contributed by atoms with Crippen LogP contribution >= 0.6 is 0 Å². The van der Waals surface area contributed by atoms with Gasteiger partial charge in [-0.2, -0.15) is 5.26 Å². The van der Waals surface area contributed by atoms with Gasteiger partial charge in [-0.3, -0.25) is 4.79 Å². The van der Waals surface area contributed by atoms with E-state index in [1.54, 1.807) is 23.1 Å². The van der Waals surface area contributed by atoms with E-state index < -0.39 is 17.3 Å². The second-order valence-electron chi connectivity index (χ2n) is 7.86. The monoisotopic (exact) mass is 390 g/mol. The van der Waals surface area contributed by atoms with E-state index in [-0.39, 0.29) is 18.6 Å². The Hall–Kier alpha value is -2.82. The number of carbonyl (C=O) groups is 2. The summed E-state index contributed by atoms with van der Waals surface area (Å²) in [5, 5.41) is 11.0. The summed E-state index contributed by atoms with van der Waals surface area (Å²) in [6, 6.07) is 6.30. The summed E-state index contributed by atoms with van der Waals surface area (Å²) in [5.41, 5.74) is 0.210. The van der Waals surface area contributed by atoms with Gasteiger partial charge in [0.1, 0.15) is 17.8 Å². The van der Waals surface area contributed by atoms with Crippen molar-refractivity contribution in [3.8, 4) is 6.07 Å². The zero-order valence-corrected chi connectivity index (χ0v) is 16.8. The van der Waals surface area contributed by atoms with Gasteiger partial charge >= 0.3 is 6.09 Å². The Kier molecular flexibility index (Phi) is 6.84. The highest BCUT2D eigenvalue weighted by atomic mass is 19.1. The van der Waals surface area contributed by atoms with Gasteiger partial charge in [0.05, 0.1) is 11.8 Å². The summed E-state index contributed by atoms with van der Waals surface area (Å²) in [6.07, 6.45) is 0.808. The highest BCUT2D eigenvalue weighted by Gasteiger charge is 2.29. The lowest BCUT2D eigenvalue weighted by atomic mass is 10.0. The van der Waals surface area contributed by atoms with E-state index in [1.807, 2.05) is 32.7 Å². The first-order chi connectivity index (χ1) is 13.1. The minimum absolute atomic E-state index is 0.0900. The van der Waals surface area contributed by atoms with Crippen molar-refractivity contribution in [3.63, 3.8) is 0 Å². The van der Waals surface area contributed by atoms with Crippen LogP contribution in [0.2, 0.25) is 0 Å². The van der Waals surface area contributed by atoms with E-state index in [4.69, 9.17) is 10.00 Å². The molecule has 0 aliphatic carbocycles. The summed E-state index contributed by atoms with van der Waals surface area (Å²) in [4.78, 5) is 27.2. The molecule has 1 fully saturated rings. The molecular weight excluding hydrogens is 363 g/mol. The number of halogens is 1. The van der Waals surface area contributed by atoms with Gasteiger partial charge in [0, 0.05) is 31.9 Å². The molecule has 2 amide bonds. The van der Waals surface area contributed by atoms with Crippen LogP contribution < -0.4 is 10.2 Å². The van der Waals surface area contributed by atoms with Crippen molar-refractivity contribution in [2.45, 2.75) is 51.7 Å². The minimum atomic E-state index is -0.530. The fourth-order valence-electron chi connectivity index (χ4n) is 3.11. The van der Waals surface area contributed by atoms with E-state index in [0.29, 0.717) is 37.3 Å². The maximum atomic E-state index is 14.5. The predicted molar refractivity (Wildman–Crippen MR) is 104 cm³/mol. The standard InChI is InChI=1S/C20H27FN4O3/c1-20(2,3)28-19(27)25-11-8-15(9-12-25)24(4)17-6-5-14(13-16(17)21)23-18(26)7-10-22/h5-6,13,15H,7-9,11-12H2,1-4H3,(H,23,26). The van der Waals surface area contributed by atoms with Crippen molar-refractivity contribution in [1.29, 1.82) is 5.26 Å². The first kappa shape index (κ1) is 21.5. The summed E-state index contributed by atoms with van der Waals surface area (Å²) in [5.74, 6) is -0.927. The Morgan fingerprint density at radius 3 is 2.54 bits per heavy atom. The van der Waals surface area contributed by atoms with Crippen molar-refractivity contribution in [1.82, 2.24) is 4.90 Å². The number of nitrogens with one attached hydrogen (secondary N) is 1. The largest absolute Gasteiger partial charge is 0.444 e. The number of hydrogen-bond acceptors (Lipinski definition) is 5. The zero-order chi connectivity index (χ0) is 20.9. The quantitative estimate of drug-likeness (QED) is 0.850. The zero-order valence-electron chi connectivity index (χ0n) is 16.8. The summed E-state index contributed by atoms with van der Waals surface area (Å²) in [6.45, 7) is 6.60. The van der Waals surface area contributed by atoms with E-state index in [1.165, 1.54) is 6.07 Å². The van der Waals surface area contributed by atoms with Gasteiger partial charge in [0.2, 0.25) is 5.91 Å². The van der Waals surface area contributed by atoms with Crippen molar-refractivity contribution in [2.75, 3.05) is 30.4 Å². The topological polar surface area (TPSA) is 85.7 Å². The lowest BCUT2D eigenvalue weighted by molar-refractivity contribution is -0.115. The van der Waals surface area contributed by atoms with Crippen LogP contribution in [0.5, 0.6) is 0 Å². The summed E-state index contributed by atoms with van der Waals surface area (Å²) < 4.78 is 19.9. The summed E-state index contributed by atoms with van der Waals surface area (Å²) >= 11 is 0. The van der Waals surface area contributed by atoms with Crippen molar-refractivity contribution in [2.24, 2.45) is 0 Å². The fraction of sp³-hybridized carbons (Fsp3) is 0.550. The maximum Gasteiger partial charge on any atom is 0.410 e. The number of amides is 2. The smallest absolute Gasteiger partial charge is 0.410 e. The van der Waals surface area contributed by atoms with Crippen molar-refractivity contribution >= 4 is 23.4 Å². The van der Waals surface area contributed by atoms with Gasteiger partial charge in [0.15, 0.2) is 0 Å². The molecule has 0 aromatic heterocycles. The van der Waals surface area contributed by atoms with Gasteiger partial charge in [-0.15, -0.1) is 0 Å². The van der Waals surface area contributed by atoms with Crippen LogP contribution in [0.1, 0.15) is 40.0 Å². The van der Waals surface area contributed by atoms with Crippen LogP contribution in [0.25, 0.3) is 0 Å². The second kappa shape index (κ2) is 8.91. The third-order valence-corrected chi connectivity index (χ3v) is 4.51. The summed E-state index contributed by atoms with van der Waals surface area (Å²) in [7, 11) is 1.82.